The van der Waals surface area contributed by atoms with Gasteiger partial charge in [-0.3, -0.25) is 4.79 Å². The third-order valence-electron chi connectivity index (χ3n) is 2.57. The number of thiol groups is 1. The highest BCUT2D eigenvalue weighted by Gasteiger charge is 2.05. The molecule has 2 rings (SSSR count). The third-order valence-corrected chi connectivity index (χ3v) is 2.83. The predicted octanol–water partition coefficient (Wildman–Crippen LogP) is 3.73. The zero-order valence-electron chi connectivity index (χ0n) is 8.97. The molecule has 0 spiro atoms. The van der Waals surface area contributed by atoms with Gasteiger partial charge in [-0.05, 0) is 29.7 Å². The minimum atomic E-state index is -0.197. The maximum atomic E-state index is 11.2. The molecule has 2 aromatic rings. The second-order valence-electron chi connectivity index (χ2n) is 3.70. The number of carbonyl (C=O) groups is 1. The second kappa shape index (κ2) is 4.54. The van der Waals surface area contributed by atoms with Crippen LogP contribution in [0.25, 0.3) is 11.1 Å². The molecule has 0 aliphatic heterocycles. The van der Waals surface area contributed by atoms with Crippen molar-refractivity contribution < 1.29 is 4.79 Å². The lowest BCUT2D eigenvalue weighted by Gasteiger charge is -2.07. The summed E-state index contributed by atoms with van der Waals surface area (Å²) in [5, 5.41) is -0.197. The molecule has 0 saturated heterocycles. The number of hydrogen-bond acceptors (Lipinski definition) is 1. The van der Waals surface area contributed by atoms with Crippen molar-refractivity contribution >= 4 is 17.7 Å². The van der Waals surface area contributed by atoms with E-state index in [1.54, 1.807) is 6.07 Å². The van der Waals surface area contributed by atoms with E-state index < -0.39 is 0 Å². The molecule has 1 nitrogen and oxygen atoms in total. The Morgan fingerprint density at radius 1 is 1.06 bits per heavy atom. The van der Waals surface area contributed by atoms with E-state index >= 15 is 0 Å². The van der Waals surface area contributed by atoms with E-state index in [1.165, 1.54) is 0 Å². The predicted molar refractivity (Wildman–Crippen MR) is 69.9 cm³/mol. The summed E-state index contributed by atoms with van der Waals surface area (Å²) >= 11 is 3.84. The minimum Gasteiger partial charge on any atom is -0.282 e. The van der Waals surface area contributed by atoms with Crippen molar-refractivity contribution in [2.24, 2.45) is 0 Å². The van der Waals surface area contributed by atoms with Gasteiger partial charge in [-0.25, -0.2) is 0 Å². The molecule has 0 aliphatic rings. The molecule has 2 heteroatoms. The molecule has 0 aromatic heterocycles. The maximum Gasteiger partial charge on any atom is 0.216 e. The first-order valence-corrected chi connectivity index (χ1v) is 5.52. The molecule has 0 N–H and O–H groups in total. The molecule has 0 atom stereocenters. The molecule has 0 saturated carbocycles. The largest absolute Gasteiger partial charge is 0.282 e. The van der Waals surface area contributed by atoms with Gasteiger partial charge >= 0.3 is 0 Å². The first kappa shape index (κ1) is 11.0. The van der Waals surface area contributed by atoms with Gasteiger partial charge in [0.05, 0.1) is 0 Å². The third kappa shape index (κ3) is 2.17. The molecule has 0 radical (unpaired) electrons. The molecular weight excluding hydrogens is 216 g/mol. The van der Waals surface area contributed by atoms with E-state index in [0.717, 1.165) is 16.7 Å². The van der Waals surface area contributed by atoms with Crippen LogP contribution in [0, 0.1) is 6.92 Å². The summed E-state index contributed by atoms with van der Waals surface area (Å²) in [6.45, 7) is 2.04. The number of benzene rings is 2. The lowest BCUT2D eigenvalue weighted by Crippen LogP contribution is -1.91. The first-order valence-electron chi connectivity index (χ1n) is 5.08. The van der Waals surface area contributed by atoms with Crippen molar-refractivity contribution in [3.8, 4) is 11.1 Å². The summed E-state index contributed by atoms with van der Waals surface area (Å²) < 4.78 is 0. The monoisotopic (exact) mass is 228 g/mol. The van der Waals surface area contributed by atoms with Crippen LogP contribution in [0.3, 0.4) is 0 Å². The number of aryl methyl sites for hydroxylation is 1. The van der Waals surface area contributed by atoms with Gasteiger partial charge in [0.1, 0.15) is 0 Å². The Balaban J connectivity index is 2.56. The highest BCUT2D eigenvalue weighted by molar-refractivity contribution is 7.97. The summed E-state index contributed by atoms with van der Waals surface area (Å²) in [6.07, 6.45) is 0. The van der Waals surface area contributed by atoms with E-state index in [1.807, 2.05) is 49.4 Å². The van der Waals surface area contributed by atoms with Crippen molar-refractivity contribution in [1.29, 1.82) is 0 Å². The van der Waals surface area contributed by atoms with E-state index in [2.05, 4.69) is 12.6 Å². The lowest BCUT2D eigenvalue weighted by molar-refractivity contribution is 0.109. The van der Waals surface area contributed by atoms with Crippen LogP contribution in [0.4, 0.5) is 0 Å². The SMILES string of the molecule is Cc1ccc(C(=O)S)cc1-c1ccccc1. The minimum absolute atomic E-state index is 0.197. The highest BCUT2D eigenvalue weighted by atomic mass is 32.1. The van der Waals surface area contributed by atoms with Crippen LogP contribution < -0.4 is 0 Å². The number of rotatable bonds is 2. The highest BCUT2D eigenvalue weighted by Crippen LogP contribution is 2.24. The van der Waals surface area contributed by atoms with Gasteiger partial charge in [-0.1, -0.05) is 42.5 Å². The summed E-state index contributed by atoms with van der Waals surface area (Å²) in [5.74, 6) is 0. The summed E-state index contributed by atoms with van der Waals surface area (Å²) in [4.78, 5) is 11.2. The quantitative estimate of drug-likeness (QED) is 0.775. The molecule has 0 unspecified atom stereocenters. The Kier molecular flexibility index (Phi) is 3.11. The van der Waals surface area contributed by atoms with E-state index in [-0.39, 0.29) is 5.12 Å². The van der Waals surface area contributed by atoms with Gasteiger partial charge < -0.3 is 0 Å². The molecule has 2 aromatic carbocycles. The van der Waals surface area contributed by atoms with Gasteiger partial charge in [-0.15, -0.1) is 12.6 Å². The van der Waals surface area contributed by atoms with Gasteiger partial charge in [0, 0.05) is 5.56 Å². The molecule has 16 heavy (non-hydrogen) atoms. The average molecular weight is 228 g/mol. The average Bonchev–Trinajstić information content (AvgIpc) is 2.30. The fourth-order valence-corrected chi connectivity index (χ4v) is 1.82. The molecular formula is C14H12OS. The fraction of sp³-hybridized carbons (Fsp3) is 0.0714. The van der Waals surface area contributed by atoms with Crippen LogP contribution in [0.5, 0.6) is 0 Å². The van der Waals surface area contributed by atoms with Crippen molar-refractivity contribution in [2.75, 3.05) is 0 Å². The number of hydrogen-bond donors (Lipinski definition) is 1. The molecule has 80 valence electrons. The van der Waals surface area contributed by atoms with Crippen molar-refractivity contribution in [2.45, 2.75) is 6.92 Å². The standard InChI is InChI=1S/C14H12OS/c1-10-7-8-12(14(15)16)9-13(10)11-5-3-2-4-6-11/h2-9H,1H3,(H,15,16). The first-order chi connectivity index (χ1) is 7.68. The molecule has 0 aliphatic carbocycles. The summed E-state index contributed by atoms with van der Waals surface area (Å²) in [7, 11) is 0. The topological polar surface area (TPSA) is 17.1 Å². The molecule has 0 bridgehead atoms. The fourth-order valence-electron chi connectivity index (χ4n) is 1.68. The van der Waals surface area contributed by atoms with Gasteiger partial charge in [0.2, 0.25) is 5.12 Å². The van der Waals surface area contributed by atoms with Crippen LogP contribution in [-0.4, -0.2) is 5.12 Å². The molecule has 0 fully saturated rings. The second-order valence-corrected chi connectivity index (χ2v) is 4.11. The van der Waals surface area contributed by atoms with Crippen LogP contribution in [0.2, 0.25) is 0 Å². The normalized spacial score (nSPS) is 10.1. The van der Waals surface area contributed by atoms with E-state index in [9.17, 15) is 4.79 Å². The van der Waals surface area contributed by atoms with Crippen LogP contribution in [0.1, 0.15) is 15.9 Å². The molecule has 0 heterocycles. The van der Waals surface area contributed by atoms with Crippen molar-refractivity contribution in [1.82, 2.24) is 0 Å². The Hall–Kier alpha value is -1.54. The zero-order valence-corrected chi connectivity index (χ0v) is 9.87. The van der Waals surface area contributed by atoms with Crippen LogP contribution in [0.15, 0.2) is 48.5 Å². The zero-order chi connectivity index (χ0) is 11.5. The maximum absolute atomic E-state index is 11.2. The van der Waals surface area contributed by atoms with E-state index in [0.29, 0.717) is 5.56 Å². The smallest absolute Gasteiger partial charge is 0.216 e. The van der Waals surface area contributed by atoms with Crippen molar-refractivity contribution in [3.63, 3.8) is 0 Å². The Bertz CT molecular complexity index is 518. The Morgan fingerprint density at radius 2 is 1.75 bits per heavy atom. The lowest BCUT2D eigenvalue weighted by atomic mass is 9.98. The summed E-state index contributed by atoms with van der Waals surface area (Å²) in [6, 6.07) is 15.7. The van der Waals surface area contributed by atoms with Gasteiger partial charge in [0.15, 0.2) is 0 Å². The molecule has 0 amide bonds. The van der Waals surface area contributed by atoms with Gasteiger partial charge in [0.25, 0.3) is 0 Å². The van der Waals surface area contributed by atoms with Crippen molar-refractivity contribution in [3.05, 3.63) is 59.7 Å². The Labute approximate surface area is 101 Å². The van der Waals surface area contributed by atoms with E-state index in [4.69, 9.17) is 0 Å². The Morgan fingerprint density at radius 3 is 2.38 bits per heavy atom. The summed E-state index contributed by atoms with van der Waals surface area (Å²) in [5.41, 5.74) is 3.99. The number of carbonyl (C=O) groups excluding carboxylic acids is 1. The van der Waals surface area contributed by atoms with Crippen LogP contribution >= 0.6 is 12.6 Å². The van der Waals surface area contributed by atoms with Gasteiger partial charge in [-0.2, -0.15) is 0 Å². The van der Waals surface area contributed by atoms with Crippen LogP contribution in [-0.2, 0) is 0 Å².